The second-order valence-corrected chi connectivity index (χ2v) is 43.7. The molecule has 6 heterocycles. The van der Waals surface area contributed by atoms with Crippen LogP contribution in [0, 0.1) is 62.3 Å². The predicted octanol–water partition coefficient (Wildman–Crippen LogP) is 27.3. The molecule has 0 unspecified atom stereocenters. The van der Waals surface area contributed by atoms with E-state index >= 15 is 0 Å². The van der Waals surface area contributed by atoms with Crippen molar-refractivity contribution in [2.75, 3.05) is 26.2 Å². The first-order chi connectivity index (χ1) is 53.9. The molecular weight excluding hydrogens is 1670 g/mol. The zero-order chi connectivity index (χ0) is 79.1. The molecule has 2 N–H and O–H groups in total. The van der Waals surface area contributed by atoms with E-state index in [2.05, 4.69) is 178 Å². The Kier molecular flexibility index (Phi) is 44.7. The van der Waals surface area contributed by atoms with Gasteiger partial charge < -0.3 is 10.0 Å². The maximum absolute atomic E-state index is 9.03. The van der Waals surface area contributed by atoms with Gasteiger partial charge in [-0.3, -0.25) is 9.97 Å². The minimum atomic E-state index is -1.36. The number of aromatic nitrogens is 4. The van der Waals surface area contributed by atoms with Crippen molar-refractivity contribution < 1.29 is 26.0 Å². The van der Waals surface area contributed by atoms with Gasteiger partial charge in [-0.05, 0) is 350 Å². The fourth-order valence-electron chi connectivity index (χ4n) is 19.3. The summed E-state index contributed by atoms with van der Waals surface area (Å²) in [6, 6.07) is 38.2. The molecule has 6 fully saturated rings. The molecule has 13 rings (SSSR count). The fraction of sp³-hybridized carbons (Fsp3) is 0.600. The van der Waals surface area contributed by atoms with Gasteiger partial charge >= 0.3 is 42.1 Å². The van der Waals surface area contributed by atoms with Crippen molar-refractivity contribution in [2.45, 2.75) is 342 Å². The summed E-state index contributed by atoms with van der Waals surface area (Å²) in [5.41, 5.74) is 25.7. The molecule has 3 aromatic carbocycles. The summed E-state index contributed by atoms with van der Waals surface area (Å²) >= 11 is 6.72. The Labute approximate surface area is 710 Å². The summed E-state index contributed by atoms with van der Waals surface area (Å²) in [5, 5.41) is 18.1. The van der Waals surface area contributed by atoms with Crippen molar-refractivity contribution >= 4 is 79.6 Å². The molecular formula is C95H141BBr2Cl2N6O2P2Pd+2. The predicted molar refractivity (Wildman–Crippen MR) is 490 cm³/mol. The first-order valence-electron chi connectivity index (χ1n) is 43.7. The number of pyridine rings is 4. The van der Waals surface area contributed by atoms with Crippen LogP contribution >= 0.6 is 67.1 Å². The van der Waals surface area contributed by atoms with Gasteiger partial charge in [0.15, 0.2) is 0 Å². The molecule has 0 atom stereocenters. The standard InChI is InChI=1S/C35H42N2.C17H20Br2N2.2C17H32NP.C9H13BO2.2ClH.Pd/c1-24-20-26(3)34(27(4)21-24)32-18-12-16-30(36-32)14-10-8-7-9-11-15-31-17-13-19-33(37-31)35-28(5)22-25(2)23-29(35)6;18-16-12-6-10-14(20-16)8-4-2-1-3-5-9-15-11-7-13-17(19)21-15;2*1-4-10-16(11-5-1)19(17-12-6-2-7-13-17)18-14-8-3-9-15-18;1-6-4-7(2)9(10(11)12)8(3)5-6;;;/h12-13,16-23H,7-11,14-15H2,1-6H3;6-7,10-13H,1-5,8-9H2;2*16-17H,1-15H2;4-5,11-12H,1-3H3;2*1H;/q;;;;;;;+2. The molecule has 0 bridgehead atoms. The number of unbranched alkanes of at least 4 members (excludes halogenated alkanes) is 8. The number of benzene rings is 3. The van der Waals surface area contributed by atoms with Gasteiger partial charge in [0.2, 0.25) is 0 Å². The van der Waals surface area contributed by atoms with E-state index in [4.69, 9.17) is 39.1 Å². The number of hydrogen-bond donors (Lipinski definition) is 2. The van der Waals surface area contributed by atoms with Crippen LogP contribution in [-0.4, -0.2) is 95.3 Å². The van der Waals surface area contributed by atoms with Crippen LogP contribution < -0.4 is 5.46 Å². The summed E-state index contributed by atoms with van der Waals surface area (Å²) in [5.74, 6) is 0. The second-order valence-electron chi connectivity index (χ2n) is 33.5. The average molecular weight is 1810 g/mol. The molecule has 0 spiro atoms. The van der Waals surface area contributed by atoms with Gasteiger partial charge in [0.05, 0.1) is 50.2 Å². The number of nitrogens with zero attached hydrogens (tertiary/aromatic N) is 6. The third kappa shape index (κ3) is 33.2. The van der Waals surface area contributed by atoms with Crippen LogP contribution in [0.3, 0.4) is 0 Å². The van der Waals surface area contributed by atoms with Crippen LogP contribution in [0.2, 0.25) is 0 Å². The van der Waals surface area contributed by atoms with Gasteiger partial charge in [0.25, 0.3) is 0 Å². The Morgan fingerprint density at radius 2 is 0.595 bits per heavy atom. The summed E-state index contributed by atoms with van der Waals surface area (Å²) < 4.78 is 7.95. The van der Waals surface area contributed by atoms with Crippen LogP contribution in [0.1, 0.15) is 304 Å². The van der Waals surface area contributed by atoms with Crippen LogP contribution in [-0.2, 0) is 41.6 Å². The van der Waals surface area contributed by atoms with Crippen LogP contribution in [0.4, 0.5) is 0 Å². The van der Waals surface area contributed by atoms with Crippen LogP contribution in [0.5, 0.6) is 0 Å². The van der Waals surface area contributed by atoms with Crippen molar-refractivity contribution in [3.05, 3.63) is 191 Å². The van der Waals surface area contributed by atoms with Crippen molar-refractivity contribution in [3.8, 4) is 22.5 Å². The zero-order valence-electron chi connectivity index (χ0n) is 69.8. The summed E-state index contributed by atoms with van der Waals surface area (Å²) in [7, 11) is 7.85. The Morgan fingerprint density at radius 3 is 0.865 bits per heavy atom. The number of rotatable bonds is 25. The van der Waals surface area contributed by atoms with E-state index in [0.717, 1.165) is 85.6 Å². The molecule has 0 amide bonds. The molecule has 7 aromatic rings. The summed E-state index contributed by atoms with van der Waals surface area (Å²) in [6.07, 6.45) is 56.8. The Bertz CT molecular complexity index is 3420. The van der Waals surface area contributed by atoms with E-state index in [1.54, 1.807) is 103 Å². The molecule has 2 aliphatic heterocycles. The topological polar surface area (TPSA) is 98.5 Å². The van der Waals surface area contributed by atoms with E-state index in [9.17, 15) is 0 Å². The monoisotopic (exact) mass is 1800 g/mol. The molecule has 4 aliphatic carbocycles. The first-order valence-corrected chi connectivity index (χ1v) is 52.5. The van der Waals surface area contributed by atoms with E-state index in [0.29, 0.717) is 5.46 Å². The van der Waals surface area contributed by atoms with Crippen molar-refractivity contribution in [3.63, 3.8) is 0 Å². The minimum absolute atomic E-state index is 0.106. The maximum atomic E-state index is 9.03. The molecule has 2 saturated heterocycles. The van der Waals surface area contributed by atoms with Gasteiger partial charge in [0, 0.05) is 60.1 Å². The Balaban J connectivity index is 0.000000181. The number of aryl methyl sites for hydroxylation is 13. The molecule has 4 aromatic heterocycles. The summed E-state index contributed by atoms with van der Waals surface area (Å²) in [4.78, 5) is 18.9. The Morgan fingerprint density at radius 1 is 0.351 bits per heavy atom. The molecule has 0 radical (unpaired) electrons. The molecule has 111 heavy (non-hydrogen) atoms. The number of hydrogen-bond acceptors (Lipinski definition) is 8. The molecule has 612 valence electrons. The first kappa shape index (κ1) is 93.7. The normalized spacial score (nSPS) is 16.9. The second kappa shape index (κ2) is 52.9. The molecule has 6 aliphatic rings. The number of halogens is 4. The molecule has 4 saturated carbocycles. The van der Waals surface area contributed by atoms with Gasteiger partial charge in [0.1, 0.15) is 9.21 Å². The molecule has 16 heteroatoms. The van der Waals surface area contributed by atoms with Crippen molar-refractivity contribution in [2.24, 2.45) is 0 Å². The van der Waals surface area contributed by atoms with Gasteiger partial charge in [-0.1, -0.05) is 166 Å². The number of piperidine rings is 2. The van der Waals surface area contributed by atoms with Crippen LogP contribution in [0.25, 0.3) is 22.5 Å². The van der Waals surface area contributed by atoms with Gasteiger partial charge in [-0.2, -0.15) is 9.34 Å². The average Bonchev–Trinajstić information content (AvgIpc) is 0.817. The molecule has 8 nitrogen and oxygen atoms in total. The van der Waals surface area contributed by atoms with E-state index in [1.807, 2.05) is 45.0 Å². The van der Waals surface area contributed by atoms with Gasteiger partial charge in [-0.25, -0.2) is 9.97 Å². The third-order valence-electron chi connectivity index (χ3n) is 24.3. The van der Waals surface area contributed by atoms with E-state index in [1.165, 1.54) is 222 Å². The van der Waals surface area contributed by atoms with Crippen molar-refractivity contribution in [1.82, 2.24) is 29.3 Å². The Hall–Kier alpha value is -2.77. The SMILES string of the molecule is Brc1cccc(CCCCCCCc2cccc(Br)n2)n1.C1CCC([PH+](C2CCCCC2)N2CCCCC2)CC1.C1CCC([PH+](C2CCCCC2)N2CCCCC2)CC1.Cc1cc(C)c(-c2cccc(CCCCCCCc3cccc(-c4c(C)cc(C)cc4C)n3)n2)c(C)c1.Cc1cc(C)c(B(O)O)c(C)c1.[Cl][Pd][Cl]. The zero-order valence-corrected chi connectivity index (χ0v) is 78.0. The fourth-order valence-corrected chi connectivity index (χ4v) is 29.2. The quantitative estimate of drug-likeness (QED) is 0.0253. The van der Waals surface area contributed by atoms with E-state index in [-0.39, 0.29) is 32.1 Å². The third-order valence-corrected chi connectivity index (χ3v) is 33.2. The van der Waals surface area contributed by atoms with Crippen LogP contribution in [0.15, 0.2) is 118 Å². The summed E-state index contributed by atoms with van der Waals surface area (Å²) in [6.45, 7) is 24.7. The van der Waals surface area contributed by atoms with E-state index < -0.39 is 7.12 Å². The van der Waals surface area contributed by atoms with Gasteiger partial charge in [-0.15, -0.1) is 0 Å². The van der Waals surface area contributed by atoms with Crippen molar-refractivity contribution in [1.29, 1.82) is 0 Å².